The fourth-order valence-corrected chi connectivity index (χ4v) is 2.07. The summed E-state index contributed by atoms with van der Waals surface area (Å²) in [5, 5.41) is 7.39. The van der Waals surface area contributed by atoms with Crippen LogP contribution in [0.3, 0.4) is 0 Å². The van der Waals surface area contributed by atoms with Gasteiger partial charge in [0.15, 0.2) is 0 Å². The van der Waals surface area contributed by atoms with E-state index in [0.717, 1.165) is 24.9 Å². The molecule has 5 N–H and O–H groups in total. The predicted molar refractivity (Wildman–Crippen MR) is 60.7 cm³/mol. The lowest BCUT2D eigenvalue weighted by Crippen LogP contribution is -2.20. The van der Waals surface area contributed by atoms with Gasteiger partial charge in [-0.05, 0) is 19.3 Å². The van der Waals surface area contributed by atoms with Gasteiger partial charge in [-0.3, -0.25) is 9.48 Å². The van der Waals surface area contributed by atoms with Crippen molar-refractivity contribution in [2.24, 2.45) is 11.5 Å². The van der Waals surface area contributed by atoms with Crippen molar-refractivity contribution >= 4 is 11.6 Å². The van der Waals surface area contributed by atoms with Crippen LogP contribution in [0.5, 0.6) is 0 Å². The van der Waals surface area contributed by atoms with E-state index in [4.69, 9.17) is 11.5 Å². The van der Waals surface area contributed by atoms with Gasteiger partial charge in [-0.25, -0.2) is 0 Å². The Morgan fingerprint density at radius 2 is 2.44 bits per heavy atom. The molecular weight excluding hydrogens is 206 g/mol. The molecule has 2 rings (SSSR count). The molecule has 1 heterocycles. The number of carbonyl (C=O) groups is 1. The van der Waals surface area contributed by atoms with Gasteiger partial charge in [0.2, 0.25) is 5.91 Å². The summed E-state index contributed by atoms with van der Waals surface area (Å²) in [4.78, 5) is 10.7. The maximum absolute atomic E-state index is 10.7. The van der Waals surface area contributed by atoms with E-state index in [0.29, 0.717) is 12.1 Å². The number of primary amides is 1. The Morgan fingerprint density at radius 1 is 1.62 bits per heavy atom. The van der Waals surface area contributed by atoms with Gasteiger partial charge in [0.05, 0.1) is 11.9 Å². The van der Waals surface area contributed by atoms with E-state index >= 15 is 0 Å². The molecule has 0 aromatic carbocycles. The van der Waals surface area contributed by atoms with Crippen molar-refractivity contribution in [3.63, 3.8) is 0 Å². The summed E-state index contributed by atoms with van der Waals surface area (Å²) < 4.78 is 1.53. The molecule has 0 radical (unpaired) electrons. The van der Waals surface area contributed by atoms with Crippen molar-refractivity contribution in [1.29, 1.82) is 0 Å². The Morgan fingerprint density at radius 3 is 3.06 bits per heavy atom. The fraction of sp³-hybridized carbons (Fsp3) is 0.600. The molecule has 2 unspecified atom stereocenters. The lowest BCUT2D eigenvalue weighted by Gasteiger charge is -2.11. The summed E-state index contributed by atoms with van der Waals surface area (Å²) >= 11 is 0. The lowest BCUT2D eigenvalue weighted by atomic mass is 10.2. The van der Waals surface area contributed by atoms with E-state index in [1.807, 2.05) is 0 Å². The maximum Gasteiger partial charge on any atom is 0.239 e. The smallest absolute Gasteiger partial charge is 0.239 e. The number of nitrogens with two attached hydrogens (primary N) is 2. The highest BCUT2D eigenvalue weighted by atomic mass is 16.1. The SMILES string of the molecule is NC(=O)Cn1cc(NC2CCC(N)C2)cn1. The van der Waals surface area contributed by atoms with Gasteiger partial charge < -0.3 is 16.8 Å². The molecule has 16 heavy (non-hydrogen) atoms. The lowest BCUT2D eigenvalue weighted by molar-refractivity contribution is -0.118. The van der Waals surface area contributed by atoms with Crippen LogP contribution >= 0.6 is 0 Å². The summed E-state index contributed by atoms with van der Waals surface area (Å²) in [6, 6.07) is 0.722. The van der Waals surface area contributed by atoms with E-state index in [1.54, 1.807) is 12.4 Å². The van der Waals surface area contributed by atoms with Gasteiger partial charge in [-0.1, -0.05) is 0 Å². The second-order valence-electron chi connectivity index (χ2n) is 4.31. The van der Waals surface area contributed by atoms with Crippen LogP contribution in [0.2, 0.25) is 0 Å². The first-order chi connectivity index (χ1) is 7.63. The van der Waals surface area contributed by atoms with Crippen molar-refractivity contribution in [2.45, 2.75) is 37.9 Å². The summed E-state index contributed by atoms with van der Waals surface area (Å²) in [7, 11) is 0. The molecule has 6 heteroatoms. The van der Waals surface area contributed by atoms with Crippen molar-refractivity contribution in [3.05, 3.63) is 12.4 Å². The molecule has 1 aromatic heterocycles. The average molecular weight is 223 g/mol. The quantitative estimate of drug-likeness (QED) is 0.650. The Hall–Kier alpha value is -1.56. The van der Waals surface area contributed by atoms with Crippen molar-refractivity contribution in [2.75, 3.05) is 5.32 Å². The minimum Gasteiger partial charge on any atom is -0.380 e. The molecule has 1 saturated carbocycles. The predicted octanol–water partition coefficient (Wildman–Crippen LogP) is -0.340. The Kier molecular flexibility index (Phi) is 3.09. The Balaban J connectivity index is 1.90. The number of amides is 1. The fourth-order valence-electron chi connectivity index (χ4n) is 2.07. The van der Waals surface area contributed by atoms with Crippen LogP contribution < -0.4 is 16.8 Å². The number of aromatic nitrogens is 2. The highest BCUT2D eigenvalue weighted by molar-refractivity contribution is 5.73. The van der Waals surface area contributed by atoms with E-state index in [-0.39, 0.29) is 6.54 Å². The molecular formula is C10H17N5O. The molecule has 1 aliphatic carbocycles. The van der Waals surface area contributed by atoms with Crippen molar-refractivity contribution < 1.29 is 4.79 Å². The van der Waals surface area contributed by atoms with Gasteiger partial charge in [0.25, 0.3) is 0 Å². The minimum atomic E-state index is -0.391. The van der Waals surface area contributed by atoms with E-state index in [1.165, 1.54) is 4.68 Å². The van der Waals surface area contributed by atoms with Gasteiger partial charge in [-0.15, -0.1) is 0 Å². The third kappa shape index (κ3) is 2.73. The number of rotatable bonds is 4. The van der Waals surface area contributed by atoms with Crippen LogP contribution in [0.15, 0.2) is 12.4 Å². The monoisotopic (exact) mass is 223 g/mol. The largest absolute Gasteiger partial charge is 0.380 e. The van der Waals surface area contributed by atoms with Crippen molar-refractivity contribution in [3.8, 4) is 0 Å². The first-order valence-electron chi connectivity index (χ1n) is 5.46. The summed E-state index contributed by atoms with van der Waals surface area (Å²) in [6.07, 6.45) is 6.62. The van der Waals surface area contributed by atoms with Crippen LogP contribution in [-0.4, -0.2) is 27.8 Å². The topological polar surface area (TPSA) is 99.0 Å². The first kappa shape index (κ1) is 10.9. The zero-order valence-electron chi connectivity index (χ0n) is 9.10. The molecule has 0 aliphatic heterocycles. The van der Waals surface area contributed by atoms with Crippen molar-refractivity contribution in [1.82, 2.24) is 9.78 Å². The zero-order chi connectivity index (χ0) is 11.5. The average Bonchev–Trinajstić information content (AvgIpc) is 2.76. The molecule has 1 fully saturated rings. The minimum absolute atomic E-state index is 0.117. The second-order valence-corrected chi connectivity index (χ2v) is 4.31. The normalized spacial score (nSPS) is 24.6. The van der Waals surface area contributed by atoms with E-state index in [9.17, 15) is 4.79 Å². The number of hydrogen-bond acceptors (Lipinski definition) is 4. The third-order valence-corrected chi connectivity index (χ3v) is 2.80. The number of carbonyl (C=O) groups excluding carboxylic acids is 1. The van der Waals surface area contributed by atoms with Crippen LogP contribution in [0.25, 0.3) is 0 Å². The zero-order valence-corrected chi connectivity index (χ0v) is 9.10. The number of hydrogen-bond donors (Lipinski definition) is 3. The molecule has 0 bridgehead atoms. The molecule has 1 aromatic rings. The highest BCUT2D eigenvalue weighted by Crippen LogP contribution is 2.21. The van der Waals surface area contributed by atoms with Crippen LogP contribution in [0, 0.1) is 0 Å². The van der Waals surface area contributed by atoms with Gasteiger partial charge in [-0.2, -0.15) is 5.10 Å². The molecule has 1 aliphatic rings. The summed E-state index contributed by atoms with van der Waals surface area (Å²) in [6.45, 7) is 0.117. The molecule has 1 amide bonds. The van der Waals surface area contributed by atoms with Gasteiger partial charge in [0.1, 0.15) is 6.54 Å². The third-order valence-electron chi connectivity index (χ3n) is 2.80. The summed E-state index contributed by atoms with van der Waals surface area (Å²) in [5.74, 6) is -0.391. The highest BCUT2D eigenvalue weighted by Gasteiger charge is 2.21. The number of nitrogens with zero attached hydrogens (tertiary/aromatic N) is 2. The van der Waals surface area contributed by atoms with Crippen LogP contribution in [0.4, 0.5) is 5.69 Å². The van der Waals surface area contributed by atoms with E-state index < -0.39 is 5.91 Å². The first-order valence-corrected chi connectivity index (χ1v) is 5.46. The Bertz CT molecular complexity index is 375. The summed E-state index contributed by atoms with van der Waals surface area (Å²) in [5.41, 5.74) is 11.8. The molecule has 88 valence electrons. The van der Waals surface area contributed by atoms with Gasteiger partial charge in [0, 0.05) is 18.3 Å². The molecule has 0 saturated heterocycles. The number of anilines is 1. The van der Waals surface area contributed by atoms with Gasteiger partial charge >= 0.3 is 0 Å². The Labute approximate surface area is 94.0 Å². The second kappa shape index (κ2) is 4.52. The maximum atomic E-state index is 10.7. The van der Waals surface area contributed by atoms with Crippen LogP contribution in [0.1, 0.15) is 19.3 Å². The standard InChI is InChI=1S/C10H17N5O/c11-7-1-2-8(3-7)14-9-4-13-15(5-9)6-10(12)16/h4-5,7-8,14H,1-3,6,11H2,(H2,12,16). The van der Waals surface area contributed by atoms with Crippen LogP contribution in [-0.2, 0) is 11.3 Å². The molecule has 0 spiro atoms. The molecule has 6 nitrogen and oxygen atoms in total. The van der Waals surface area contributed by atoms with E-state index in [2.05, 4.69) is 10.4 Å². The number of nitrogens with one attached hydrogen (secondary N) is 1. The molecule has 2 atom stereocenters.